The van der Waals surface area contributed by atoms with E-state index < -0.39 is 0 Å². The molecule has 3 saturated heterocycles. The lowest BCUT2D eigenvalue weighted by atomic mass is 9.72. The largest absolute Gasteiger partial charge is 0.496 e. The molecule has 3 aliphatic rings. The fourth-order valence-corrected chi connectivity index (χ4v) is 5.03. The van der Waals surface area contributed by atoms with E-state index in [9.17, 15) is 9.59 Å². The molecule has 29 heavy (non-hydrogen) atoms. The van der Waals surface area contributed by atoms with Crippen molar-refractivity contribution in [2.24, 2.45) is 5.41 Å². The minimum absolute atomic E-state index is 0.0706. The van der Waals surface area contributed by atoms with Crippen LogP contribution < -0.4 is 4.74 Å². The van der Waals surface area contributed by atoms with Crippen LogP contribution in [0.4, 0.5) is 0 Å². The summed E-state index contributed by atoms with van der Waals surface area (Å²) in [5, 5.41) is 0. The van der Waals surface area contributed by atoms with E-state index in [1.54, 1.807) is 7.11 Å². The van der Waals surface area contributed by atoms with Gasteiger partial charge in [0.25, 0.3) is 5.91 Å². The molecule has 4 rings (SSSR count). The van der Waals surface area contributed by atoms with Gasteiger partial charge in [-0.25, -0.2) is 0 Å². The average Bonchev–Trinajstić information content (AvgIpc) is 3.24. The van der Waals surface area contributed by atoms with Crippen LogP contribution in [0.5, 0.6) is 5.75 Å². The molecule has 0 N–H and O–H groups in total. The van der Waals surface area contributed by atoms with Crippen molar-refractivity contribution in [3.05, 3.63) is 29.3 Å². The first-order valence-corrected chi connectivity index (χ1v) is 10.8. The van der Waals surface area contributed by atoms with Gasteiger partial charge in [0.2, 0.25) is 5.91 Å². The first-order valence-electron chi connectivity index (χ1n) is 10.8. The van der Waals surface area contributed by atoms with Crippen LogP contribution in [-0.2, 0) is 9.53 Å². The molecule has 0 aliphatic carbocycles. The van der Waals surface area contributed by atoms with Gasteiger partial charge >= 0.3 is 0 Å². The number of rotatable bonds is 4. The minimum atomic E-state index is 0.0706. The van der Waals surface area contributed by atoms with Crippen molar-refractivity contribution in [1.29, 1.82) is 0 Å². The van der Waals surface area contributed by atoms with Gasteiger partial charge in [0.15, 0.2) is 0 Å². The topological polar surface area (TPSA) is 59.1 Å². The molecule has 0 radical (unpaired) electrons. The number of benzene rings is 1. The van der Waals surface area contributed by atoms with Crippen molar-refractivity contribution >= 4 is 11.8 Å². The second-order valence-corrected chi connectivity index (χ2v) is 8.89. The lowest BCUT2D eigenvalue weighted by molar-refractivity contribution is -0.141. The van der Waals surface area contributed by atoms with Crippen LogP contribution in [0.15, 0.2) is 18.2 Å². The van der Waals surface area contributed by atoms with Crippen molar-refractivity contribution < 1.29 is 19.1 Å². The van der Waals surface area contributed by atoms with E-state index in [-0.39, 0.29) is 23.3 Å². The van der Waals surface area contributed by atoms with Crippen molar-refractivity contribution in [1.82, 2.24) is 9.80 Å². The van der Waals surface area contributed by atoms with Gasteiger partial charge in [-0.1, -0.05) is 6.07 Å². The Balaban J connectivity index is 1.37. The minimum Gasteiger partial charge on any atom is -0.496 e. The molecule has 1 unspecified atom stereocenters. The molecule has 3 heterocycles. The lowest BCUT2D eigenvalue weighted by Gasteiger charge is -2.47. The van der Waals surface area contributed by atoms with Crippen molar-refractivity contribution in [2.75, 3.05) is 39.9 Å². The van der Waals surface area contributed by atoms with E-state index in [1.165, 1.54) is 0 Å². The number of ether oxygens (including phenoxy) is 2. The van der Waals surface area contributed by atoms with E-state index in [0.717, 1.165) is 76.2 Å². The fourth-order valence-electron chi connectivity index (χ4n) is 5.03. The molecule has 3 aliphatic heterocycles. The maximum atomic E-state index is 13.0. The molecule has 158 valence electrons. The highest BCUT2D eigenvalue weighted by Gasteiger charge is 2.42. The fraction of sp³-hybridized carbons (Fsp3) is 0.652. The molecule has 1 spiro atoms. The van der Waals surface area contributed by atoms with Gasteiger partial charge in [0.1, 0.15) is 5.75 Å². The predicted molar refractivity (Wildman–Crippen MR) is 110 cm³/mol. The summed E-state index contributed by atoms with van der Waals surface area (Å²) in [4.78, 5) is 29.4. The molecule has 0 aromatic heterocycles. The molecular weight excluding hydrogens is 368 g/mol. The van der Waals surface area contributed by atoms with E-state index in [0.29, 0.717) is 12.0 Å². The number of hydrogen-bond acceptors (Lipinski definition) is 4. The maximum absolute atomic E-state index is 13.0. The Morgan fingerprint density at radius 1 is 1.28 bits per heavy atom. The van der Waals surface area contributed by atoms with Gasteiger partial charge in [-0.2, -0.15) is 0 Å². The Morgan fingerprint density at radius 3 is 2.76 bits per heavy atom. The van der Waals surface area contributed by atoms with E-state index in [4.69, 9.17) is 9.47 Å². The SMILES string of the molecule is COc1cc(C(=O)N2CCC3(CCC(=O)N(CC4CCCO4)C3)CC2)ccc1C. The van der Waals surface area contributed by atoms with E-state index in [2.05, 4.69) is 0 Å². The van der Waals surface area contributed by atoms with Crippen LogP contribution in [0.25, 0.3) is 0 Å². The molecule has 0 bridgehead atoms. The van der Waals surface area contributed by atoms with Crippen LogP contribution >= 0.6 is 0 Å². The summed E-state index contributed by atoms with van der Waals surface area (Å²) < 4.78 is 11.1. The maximum Gasteiger partial charge on any atom is 0.253 e. The van der Waals surface area contributed by atoms with Crippen molar-refractivity contribution in [3.8, 4) is 5.75 Å². The Bertz CT molecular complexity index is 764. The first kappa shape index (κ1) is 20.2. The number of likely N-dealkylation sites (tertiary alicyclic amines) is 2. The smallest absolute Gasteiger partial charge is 0.253 e. The number of aryl methyl sites for hydroxylation is 1. The highest BCUT2D eigenvalue weighted by molar-refractivity contribution is 5.94. The summed E-state index contributed by atoms with van der Waals surface area (Å²) in [6, 6.07) is 5.66. The number of carbonyl (C=O) groups is 2. The molecule has 1 aromatic rings. The molecule has 6 nitrogen and oxygen atoms in total. The zero-order valence-corrected chi connectivity index (χ0v) is 17.6. The number of amides is 2. The van der Waals surface area contributed by atoms with Crippen LogP contribution in [-0.4, -0.2) is 67.6 Å². The third-order valence-electron chi connectivity index (χ3n) is 6.96. The molecule has 1 atom stereocenters. The van der Waals surface area contributed by atoms with Gasteiger partial charge in [-0.05, 0) is 62.1 Å². The van der Waals surface area contributed by atoms with Gasteiger partial charge < -0.3 is 19.3 Å². The number of piperidine rings is 2. The average molecular weight is 401 g/mol. The first-order chi connectivity index (χ1) is 14.0. The standard InChI is InChI=1S/C23H32N2O4/c1-17-5-6-18(14-20(17)28-2)22(27)24-11-9-23(10-12-24)8-7-21(26)25(16-23)15-19-4-3-13-29-19/h5-6,14,19H,3-4,7-13,15-16H2,1-2H3. The molecule has 1 aromatic carbocycles. The second kappa shape index (κ2) is 8.34. The van der Waals surface area contributed by atoms with Crippen LogP contribution in [0.3, 0.4) is 0 Å². The molecule has 0 saturated carbocycles. The number of carbonyl (C=O) groups excluding carboxylic acids is 2. The highest BCUT2D eigenvalue weighted by Crippen LogP contribution is 2.41. The van der Waals surface area contributed by atoms with Gasteiger partial charge in [0, 0.05) is 44.8 Å². The van der Waals surface area contributed by atoms with Gasteiger partial charge in [0.05, 0.1) is 13.2 Å². The highest BCUT2D eigenvalue weighted by atomic mass is 16.5. The predicted octanol–water partition coefficient (Wildman–Crippen LogP) is 3.03. The number of hydrogen-bond donors (Lipinski definition) is 0. The summed E-state index contributed by atoms with van der Waals surface area (Å²) in [7, 11) is 1.63. The van der Waals surface area contributed by atoms with Gasteiger partial charge in [-0.15, -0.1) is 0 Å². The third-order valence-corrected chi connectivity index (χ3v) is 6.96. The number of methoxy groups -OCH3 is 1. The zero-order valence-electron chi connectivity index (χ0n) is 17.6. The van der Waals surface area contributed by atoms with Crippen molar-refractivity contribution in [2.45, 2.75) is 51.6 Å². The summed E-state index contributed by atoms with van der Waals surface area (Å²) in [6.07, 6.45) is 5.82. The van der Waals surface area contributed by atoms with E-state index >= 15 is 0 Å². The van der Waals surface area contributed by atoms with Crippen LogP contribution in [0.1, 0.15) is 54.4 Å². The summed E-state index contributed by atoms with van der Waals surface area (Å²) in [5.74, 6) is 1.08. The quantitative estimate of drug-likeness (QED) is 0.780. The Hall–Kier alpha value is -2.08. The molecule has 2 amide bonds. The monoisotopic (exact) mass is 400 g/mol. The van der Waals surface area contributed by atoms with Gasteiger partial charge in [-0.3, -0.25) is 9.59 Å². The Labute approximate surface area is 173 Å². The summed E-state index contributed by atoms with van der Waals surface area (Å²) in [6.45, 7) is 5.83. The lowest BCUT2D eigenvalue weighted by Crippen LogP contribution is -2.53. The Morgan fingerprint density at radius 2 is 2.07 bits per heavy atom. The summed E-state index contributed by atoms with van der Waals surface area (Å²) in [5.41, 5.74) is 1.86. The second-order valence-electron chi connectivity index (χ2n) is 8.89. The summed E-state index contributed by atoms with van der Waals surface area (Å²) >= 11 is 0. The molecule has 6 heteroatoms. The Kier molecular flexibility index (Phi) is 5.81. The number of nitrogens with zero attached hydrogens (tertiary/aromatic N) is 2. The van der Waals surface area contributed by atoms with Crippen LogP contribution in [0, 0.1) is 12.3 Å². The third kappa shape index (κ3) is 4.27. The molecule has 3 fully saturated rings. The van der Waals surface area contributed by atoms with Crippen LogP contribution in [0.2, 0.25) is 0 Å². The van der Waals surface area contributed by atoms with Crippen molar-refractivity contribution in [3.63, 3.8) is 0 Å². The normalized spacial score (nSPS) is 24.2. The molecular formula is C23H32N2O4. The van der Waals surface area contributed by atoms with E-state index in [1.807, 2.05) is 34.9 Å². The zero-order chi connectivity index (χ0) is 20.4.